The van der Waals surface area contributed by atoms with Crippen molar-refractivity contribution in [3.05, 3.63) is 169 Å². The van der Waals surface area contributed by atoms with E-state index in [4.69, 9.17) is 15.0 Å². The number of aryl methyl sites for hydroxylation is 1. The lowest BCUT2D eigenvalue weighted by Crippen LogP contribution is -2.00. The van der Waals surface area contributed by atoms with Crippen molar-refractivity contribution in [3.63, 3.8) is 0 Å². The summed E-state index contributed by atoms with van der Waals surface area (Å²) in [6.45, 7) is 2.23. The average molecular weight is 713 g/mol. The van der Waals surface area contributed by atoms with Crippen LogP contribution in [0.3, 0.4) is 0 Å². The minimum absolute atomic E-state index is 0.654. The van der Waals surface area contributed by atoms with E-state index in [1.165, 1.54) is 60.4 Å². The molecule has 0 fully saturated rings. The molecule has 0 aliphatic carbocycles. The zero-order valence-electron chi connectivity index (χ0n) is 29.9. The van der Waals surface area contributed by atoms with Crippen molar-refractivity contribution in [2.24, 2.45) is 0 Å². The van der Waals surface area contributed by atoms with Gasteiger partial charge < -0.3 is 4.57 Å². The van der Waals surface area contributed by atoms with Crippen molar-refractivity contribution in [3.8, 4) is 51.0 Å². The zero-order valence-corrected chi connectivity index (χ0v) is 30.7. The maximum absolute atomic E-state index is 5.08. The Bertz CT molecular complexity index is 2980. The molecule has 0 aliphatic rings. The average Bonchev–Trinajstić information content (AvgIpc) is 3.79. The number of benzene rings is 7. The molecule has 0 atom stereocenters. The van der Waals surface area contributed by atoms with Gasteiger partial charge in [-0.3, -0.25) is 0 Å². The number of para-hydroxylation sites is 1. The van der Waals surface area contributed by atoms with Crippen molar-refractivity contribution in [1.82, 2.24) is 19.5 Å². The molecule has 0 saturated heterocycles. The summed E-state index contributed by atoms with van der Waals surface area (Å²) in [6, 6.07) is 58.5. The van der Waals surface area contributed by atoms with Gasteiger partial charge in [0.05, 0.1) is 11.0 Å². The molecule has 10 aromatic rings. The smallest absolute Gasteiger partial charge is 0.164 e. The first-order valence-electron chi connectivity index (χ1n) is 18.7. The van der Waals surface area contributed by atoms with Gasteiger partial charge in [0.1, 0.15) is 0 Å². The van der Waals surface area contributed by atoms with Crippen LogP contribution in [0.1, 0.15) is 25.3 Å². The molecule has 10 rings (SSSR count). The van der Waals surface area contributed by atoms with Crippen molar-refractivity contribution in [2.45, 2.75) is 26.2 Å². The van der Waals surface area contributed by atoms with E-state index >= 15 is 0 Å². The summed E-state index contributed by atoms with van der Waals surface area (Å²) in [7, 11) is 0. The maximum atomic E-state index is 5.08. The molecule has 0 saturated carbocycles. The van der Waals surface area contributed by atoms with Crippen molar-refractivity contribution in [1.29, 1.82) is 0 Å². The third kappa shape index (κ3) is 5.65. The largest absolute Gasteiger partial charge is 0.309 e. The van der Waals surface area contributed by atoms with E-state index in [1.54, 1.807) is 0 Å². The molecule has 0 spiro atoms. The Kier molecular flexibility index (Phi) is 8.07. The Morgan fingerprint density at radius 2 is 1.11 bits per heavy atom. The minimum atomic E-state index is 0.654. The highest BCUT2D eigenvalue weighted by Gasteiger charge is 2.19. The number of unbranched alkanes of at least 4 members (excludes halogenated alkanes) is 1. The lowest BCUT2D eigenvalue weighted by Gasteiger charge is -2.12. The maximum Gasteiger partial charge on any atom is 0.164 e. The van der Waals surface area contributed by atoms with E-state index in [2.05, 4.69) is 157 Å². The number of aromatic nitrogens is 4. The van der Waals surface area contributed by atoms with Crippen LogP contribution in [0, 0.1) is 0 Å². The van der Waals surface area contributed by atoms with Gasteiger partial charge >= 0.3 is 0 Å². The summed E-state index contributed by atoms with van der Waals surface area (Å²) in [5.74, 6) is 1.99. The van der Waals surface area contributed by atoms with E-state index in [9.17, 15) is 0 Å². The molecule has 3 aromatic heterocycles. The molecule has 0 radical (unpaired) electrons. The summed E-state index contributed by atoms with van der Waals surface area (Å²) >= 11 is 1.86. The molecule has 0 aliphatic heterocycles. The standard InChI is InChI=1S/C49H36N4S/c1-2-3-13-32-24-26-34(27-25-32)48-50-47(33-14-5-4-6-15-33)51-49(52-48)37-18-11-16-35(30-37)36-17-12-19-38(31-36)53-42-22-9-7-20-39(42)40-28-29-44-45(46(40)53)41-21-8-10-23-43(41)54-44/h4-12,14-31H,2-3,13H2,1H3. The molecule has 0 N–H and O–H groups in total. The number of hydrogen-bond acceptors (Lipinski definition) is 4. The van der Waals surface area contributed by atoms with Gasteiger partial charge in [0.15, 0.2) is 17.5 Å². The predicted octanol–water partition coefficient (Wildman–Crippen LogP) is 13.3. The van der Waals surface area contributed by atoms with E-state index in [0.717, 1.165) is 39.9 Å². The molecule has 0 bridgehead atoms. The highest BCUT2D eigenvalue weighted by Crippen LogP contribution is 2.43. The highest BCUT2D eigenvalue weighted by atomic mass is 32.1. The quantitative estimate of drug-likeness (QED) is 0.158. The number of hydrogen-bond donors (Lipinski definition) is 0. The van der Waals surface area contributed by atoms with Crippen molar-refractivity contribution >= 4 is 53.3 Å². The summed E-state index contributed by atoms with van der Waals surface area (Å²) in [5.41, 5.74) is 10.0. The third-order valence-electron chi connectivity index (χ3n) is 10.4. The fraction of sp³-hybridized carbons (Fsp3) is 0.0816. The van der Waals surface area contributed by atoms with Gasteiger partial charge in [-0.05, 0) is 65.9 Å². The molecular weight excluding hydrogens is 677 g/mol. The minimum Gasteiger partial charge on any atom is -0.309 e. The molecule has 54 heavy (non-hydrogen) atoms. The van der Waals surface area contributed by atoms with E-state index in [0.29, 0.717) is 17.5 Å². The summed E-state index contributed by atoms with van der Waals surface area (Å²) in [4.78, 5) is 15.1. The Morgan fingerprint density at radius 1 is 0.481 bits per heavy atom. The summed E-state index contributed by atoms with van der Waals surface area (Å²) < 4.78 is 5.07. The van der Waals surface area contributed by atoms with Crippen LogP contribution >= 0.6 is 11.3 Å². The van der Waals surface area contributed by atoms with Crippen molar-refractivity contribution < 1.29 is 0 Å². The Labute approximate surface area is 318 Å². The van der Waals surface area contributed by atoms with Crippen LogP contribution in [0.4, 0.5) is 0 Å². The first-order valence-corrected chi connectivity index (χ1v) is 19.5. The third-order valence-corrected chi connectivity index (χ3v) is 11.6. The SMILES string of the molecule is CCCCc1ccc(-c2nc(-c3ccccc3)nc(-c3cccc(-c4cccc(-n5c6ccccc6c6ccc7sc8ccccc8c7c65)c4)c3)n2)cc1. The summed E-state index contributed by atoms with van der Waals surface area (Å²) in [5, 5.41) is 5.14. The molecule has 5 heteroatoms. The summed E-state index contributed by atoms with van der Waals surface area (Å²) in [6.07, 6.45) is 3.44. The lowest BCUT2D eigenvalue weighted by atomic mass is 10.0. The highest BCUT2D eigenvalue weighted by molar-refractivity contribution is 7.26. The van der Waals surface area contributed by atoms with Gasteiger partial charge in [-0.15, -0.1) is 11.3 Å². The molecule has 7 aromatic carbocycles. The Hall–Kier alpha value is -6.43. The number of fused-ring (bicyclic) bond motifs is 7. The molecule has 0 unspecified atom stereocenters. The topological polar surface area (TPSA) is 43.6 Å². The van der Waals surface area contributed by atoms with Gasteiger partial charge in [0, 0.05) is 53.3 Å². The van der Waals surface area contributed by atoms with Crippen LogP contribution in [0.25, 0.3) is 93.0 Å². The Balaban J connectivity index is 1.10. The molecular formula is C49H36N4S. The van der Waals surface area contributed by atoms with Gasteiger partial charge in [0.2, 0.25) is 0 Å². The molecule has 258 valence electrons. The van der Waals surface area contributed by atoms with Crippen LogP contribution in [0.2, 0.25) is 0 Å². The monoisotopic (exact) mass is 712 g/mol. The van der Waals surface area contributed by atoms with Crippen LogP contribution in [0.5, 0.6) is 0 Å². The molecule has 0 amide bonds. The van der Waals surface area contributed by atoms with Gasteiger partial charge in [-0.25, -0.2) is 15.0 Å². The molecule has 3 heterocycles. The van der Waals surface area contributed by atoms with Crippen LogP contribution < -0.4 is 0 Å². The van der Waals surface area contributed by atoms with Crippen LogP contribution in [-0.4, -0.2) is 19.5 Å². The van der Waals surface area contributed by atoms with Gasteiger partial charge in [0.25, 0.3) is 0 Å². The normalized spacial score (nSPS) is 11.6. The Morgan fingerprint density at radius 3 is 1.91 bits per heavy atom. The van der Waals surface area contributed by atoms with E-state index < -0.39 is 0 Å². The number of rotatable bonds is 8. The van der Waals surface area contributed by atoms with Crippen LogP contribution in [0.15, 0.2) is 164 Å². The van der Waals surface area contributed by atoms with E-state index in [1.807, 2.05) is 29.5 Å². The number of thiophene rings is 1. The fourth-order valence-corrected chi connectivity index (χ4v) is 8.86. The first-order chi connectivity index (χ1) is 26.7. The van der Waals surface area contributed by atoms with E-state index in [-0.39, 0.29) is 0 Å². The second kappa shape index (κ2) is 13.5. The fourth-order valence-electron chi connectivity index (χ4n) is 7.75. The first kappa shape index (κ1) is 32.2. The lowest BCUT2D eigenvalue weighted by molar-refractivity contribution is 0.795. The number of nitrogens with zero attached hydrogens (tertiary/aromatic N) is 4. The zero-order chi connectivity index (χ0) is 36.0. The van der Waals surface area contributed by atoms with Crippen molar-refractivity contribution in [2.75, 3.05) is 0 Å². The van der Waals surface area contributed by atoms with Gasteiger partial charge in [-0.1, -0.05) is 141 Å². The van der Waals surface area contributed by atoms with Crippen LogP contribution in [-0.2, 0) is 6.42 Å². The second-order valence-electron chi connectivity index (χ2n) is 13.9. The van der Waals surface area contributed by atoms with Gasteiger partial charge in [-0.2, -0.15) is 0 Å². The predicted molar refractivity (Wildman–Crippen MR) is 227 cm³/mol. The second-order valence-corrected chi connectivity index (χ2v) is 15.0. The molecule has 4 nitrogen and oxygen atoms in total.